The molecule has 0 atom stereocenters. The second-order valence-electron chi connectivity index (χ2n) is 4.27. The summed E-state index contributed by atoms with van der Waals surface area (Å²) in [6, 6.07) is 0. The number of rotatable bonds is 3. The van der Waals surface area contributed by atoms with Crippen LogP contribution in [0.3, 0.4) is 0 Å². The largest absolute Gasteiger partial charge is 0.475 e. The van der Waals surface area contributed by atoms with E-state index >= 15 is 0 Å². The van der Waals surface area contributed by atoms with Gasteiger partial charge in [0, 0.05) is 20.6 Å². The van der Waals surface area contributed by atoms with E-state index in [1.54, 1.807) is 0 Å². The first-order valence-electron chi connectivity index (χ1n) is 5.79. The molecule has 2 aromatic heterocycles. The van der Waals surface area contributed by atoms with Crippen molar-refractivity contribution in [3.05, 3.63) is 26.7 Å². The van der Waals surface area contributed by atoms with Crippen molar-refractivity contribution in [1.82, 2.24) is 18.7 Å². The number of hydrogen-bond acceptors (Lipinski definition) is 4. The second kappa shape index (κ2) is 4.38. The Morgan fingerprint density at radius 2 is 1.89 bits per heavy atom. The zero-order valence-electron chi connectivity index (χ0n) is 10.9. The zero-order valence-corrected chi connectivity index (χ0v) is 10.9. The molecule has 0 amide bonds. The van der Waals surface area contributed by atoms with Crippen molar-refractivity contribution in [3.63, 3.8) is 0 Å². The summed E-state index contributed by atoms with van der Waals surface area (Å²) in [5.74, 6) is -1.50. The summed E-state index contributed by atoms with van der Waals surface area (Å²) in [6.07, 6.45) is 0.673. The van der Waals surface area contributed by atoms with E-state index in [-0.39, 0.29) is 17.0 Å². The normalized spacial score (nSPS) is 11.1. The summed E-state index contributed by atoms with van der Waals surface area (Å²) in [4.78, 5) is 39.0. The molecule has 2 rings (SSSR count). The van der Waals surface area contributed by atoms with E-state index in [1.165, 1.54) is 23.2 Å². The van der Waals surface area contributed by atoms with E-state index < -0.39 is 17.2 Å². The van der Waals surface area contributed by atoms with Gasteiger partial charge in [0.05, 0.1) is 0 Å². The number of fused-ring (bicyclic) bond motifs is 1. The van der Waals surface area contributed by atoms with Gasteiger partial charge in [0.25, 0.3) is 5.56 Å². The summed E-state index contributed by atoms with van der Waals surface area (Å²) in [6.45, 7) is 2.25. The van der Waals surface area contributed by atoms with Gasteiger partial charge in [0.2, 0.25) is 5.82 Å². The van der Waals surface area contributed by atoms with Crippen LogP contribution in [-0.4, -0.2) is 29.8 Å². The average molecular weight is 266 g/mol. The molecule has 8 nitrogen and oxygen atoms in total. The maximum atomic E-state index is 12.1. The van der Waals surface area contributed by atoms with Gasteiger partial charge in [0.1, 0.15) is 0 Å². The highest BCUT2D eigenvalue weighted by Gasteiger charge is 2.21. The minimum Gasteiger partial charge on any atom is -0.475 e. The Labute approximate surface area is 107 Å². The molecule has 0 aliphatic rings. The van der Waals surface area contributed by atoms with Crippen LogP contribution in [0.4, 0.5) is 0 Å². The molecule has 0 unspecified atom stereocenters. The molecule has 19 heavy (non-hydrogen) atoms. The lowest BCUT2D eigenvalue weighted by atomic mass is 10.4. The number of carboxylic acids is 1. The maximum absolute atomic E-state index is 12.1. The van der Waals surface area contributed by atoms with Crippen molar-refractivity contribution in [2.45, 2.75) is 19.9 Å². The fraction of sp³-hybridized carbons (Fsp3) is 0.455. The third kappa shape index (κ3) is 1.76. The van der Waals surface area contributed by atoms with Gasteiger partial charge in [-0.05, 0) is 6.42 Å². The van der Waals surface area contributed by atoms with Gasteiger partial charge in [-0.15, -0.1) is 0 Å². The van der Waals surface area contributed by atoms with Gasteiger partial charge in [0.15, 0.2) is 11.2 Å². The average Bonchev–Trinajstić information content (AvgIpc) is 2.70. The first-order valence-corrected chi connectivity index (χ1v) is 5.79. The van der Waals surface area contributed by atoms with Crippen molar-refractivity contribution >= 4 is 17.1 Å². The number of hydrogen-bond donors (Lipinski definition) is 1. The molecule has 2 heterocycles. The third-order valence-electron chi connectivity index (χ3n) is 3.00. The Hall–Kier alpha value is -2.38. The Morgan fingerprint density at radius 1 is 1.26 bits per heavy atom. The highest BCUT2D eigenvalue weighted by molar-refractivity contribution is 5.88. The molecule has 0 fully saturated rings. The van der Waals surface area contributed by atoms with Gasteiger partial charge in [-0.3, -0.25) is 13.9 Å². The first-order chi connectivity index (χ1) is 8.90. The highest BCUT2D eigenvalue weighted by atomic mass is 16.4. The number of imidazole rings is 1. The SMILES string of the molecule is CCCn1c(=O)n(C)c(=O)c2c1nc(C(=O)O)n2C. The van der Waals surface area contributed by atoms with Crippen LogP contribution in [-0.2, 0) is 20.6 Å². The molecule has 1 N–H and O–H groups in total. The molecule has 0 radical (unpaired) electrons. The molecule has 0 saturated carbocycles. The van der Waals surface area contributed by atoms with E-state index in [4.69, 9.17) is 5.11 Å². The quantitative estimate of drug-likeness (QED) is 0.810. The van der Waals surface area contributed by atoms with Crippen LogP contribution in [0.2, 0.25) is 0 Å². The van der Waals surface area contributed by atoms with Crippen LogP contribution in [0.5, 0.6) is 0 Å². The molecule has 102 valence electrons. The molecular weight excluding hydrogens is 252 g/mol. The Bertz CT molecular complexity index is 781. The molecule has 0 aliphatic heterocycles. The fourth-order valence-corrected chi connectivity index (χ4v) is 2.05. The third-order valence-corrected chi connectivity index (χ3v) is 3.00. The Morgan fingerprint density at radius 3 is 2.42 bits per heavy atom. The lowest BCUT2D eigenvalue weighted by molar-refractivity contribution is 0.0680. The van der Waals surface area contributed by atoms with Gasteiger partial charge < -0.3 is 9.67 Å². The predicted octanol–water partition coefficient (Wildman–Crippen LogP) is -0.458. The number of aromatic carboxylic acids is 1. The zero-order chi connectivity index (χ0) is 14.3. The van der Waals surface area contributed by atoms with Crippen LogP contribution < -0.4 is 11.2 Å². The molecule has 0 spiro atoms. The Kier molecular flexibility index (Phi) is 3.01. The minimum absolute atomic E-state index is 0.118. The van der Waals surface area contributed by atoms with Crippen molar-refractivity contribution in [2.75, 3.05) is 0 Å². The predicted molar refractivity (Wildman–Crippen MR) is 67.5 cm³/mol. The first kappa shape index (κ1) is 13.1. The van der Waals surface area contributed by atoms with Crippen molar-refractivity contribution < 1.29 is 9.90 Å². The molecule has 0 aliphatic carbocycles. The summed E-state index contributed by atoms with van der Waals surface area (Å²) in [5, 5.41) is 9.04. The maximum Gasteiger partial charge on any atom is 0.372 e. The van der Waals surface area contributed by atoms with Crippen molar-refractivity contribution in [2.24, 2.45) is 14.1 Å². The molecule has 8 heteroatoms. The Balaban J connectivity index is 3.04. The summed E-state index contributed by atoms with van der Waals surface area (Å²) >= 11 is 0. The lowest BCUT2D eigenvalue weighted by Gasteiger charge is -2.07. The van der Waals surface area contributed by atoms with Crippen LogP contribution >= 0.6 is 0 Å². The summed E-state index contributed by atoms with van der Waals surface area (Å²) in [7, 11) is 2.81. The lowest BCUT2D eigenvalue weighted by Crippen LogP contribution is -2.38. The summed E-state index contributed by atoms with van der Waals surface area (Å²) in [5.41, 5.74) is -0.799. The van der Waals surface area contributed by atoms with Gasteiger partial charge in [-0.1, -0.05) is 6.92 Å². The van der Waals surface area contributed by atoms with Gasteiger partial charge >= 0.3 is 11.7 Å². The van der Waals surface area contributed by atoms with Crippen molar-refractivity contribution in [1.29, 1.82) is 0 Å². The monoisotopic (exact) mass is 266 g/mol. The van der Waals surface area contributed by atoms with Crippen LogP contribution in [0.25, 0.3) is 11.2 Å². The smallest absolute Gasteiger partial charge is 0.372 e. The van der Waals surface area contributed by atoms with Gasteiger partial charge in [-0.25, -0.2) is 14.6 Å². The van der Waals surface area contributed by atoms with Crippen molar-refractivity contribution in [3.8, 4) is 0 Å². The topological polar surface area (TPSA) is 99.1 Å². The van der Waals surface area contributed by atoms with Crippen LogP contribution in [0, 0.1) is 0 Å². The number of nitrogens with zero attached hydrogens (tertiary/aromatic N) is 4. The van der Waals surface area contributed by atoms with Gasteiger partial charge in [-0.2, -0.15) is 0 Å². The minimum atomic E-state index is -1.24. The highest BCUT2D eigenvalue weighted by Crippen LogP contribution is 2.10. The molecule has 0 saturated heterocycles. The number of aryl methyl sites for hydroxylation is 2. The molecule has 0 aromatic carbocycles. The molecular formula is C11H14N4O4. The number of carboxylic acid groups (broad SMARTS) is 1. The molecule has 2 aromatic rings. The summed E-state index contributed by atoms with van der Waals surface area (Å²) < 4.78 is 3.49. The van der Waals surface area contributed by atoms with E-state index in [9.17, 15) is 14.4 Å². The van der Waals surface area contributed by atoms with E-state index in [0.29, 0.717) is 13.0 Å². The van der Waals surface area contributed by atoms with Crippen LogP contribution in [0.1, 0.15) is 24.0 Å². The number of carbonyl (C=O) groups is 1. The van der Waals surface area contributed by atoms with E-state index in [0.717, 1.165) is 4.57 Å². The standard InChI is InChI=1S/C11H14N4O4/c1-4-5-15-7-6(9(16)14(3)11(15)19)13(2)8(12-7)10(17)18/h4-5H2,1-3H3,(H,17,18). The van der Waals surface area contributed by atoms with E-state index in [1.807, 2.05) is 6.92 Å². The van der Waals surface area contributed by atoms with E-state index in [2.05, 4.69) is 4.98 Å². The number of aromatic nitrogens is 4. The second-order valence-corrected chi connectivity index (χ2v) is 4.27. The fourth-order valence-electron chi connectivity index (χ4n) is 2.05. The van der Waals surface area contributed by atoms with Crippen LogP contribution in [0.15, 0.2) is 9.59 Å². The molecule has 0 bridgehead atoms.